The summed E-state index contributed by atoms with van der Waals surface area (Å²) in [5.41, 5.74) is 8.71. The first-order valence-electron chi connectivity index (χ1n) is 17.5. The van der Waals surface area contributed by atoms with E-state index in [0.29, 0.717) is 13.2 Å². The monoisotopic (exact) mass is 598 g/mol. The second-order valence-corrected chi connectivity index (χ2v) is 13.4. The minimum absolute atomic E-state index is 0.105. The van der Waals surface area contributed by atoms with E-state index < -0.39 is 11.6 Å². The van der Waals surface area contributed by atoms with Crippen molar-refractivity contribution < 1.29 is 24.1 Å². The number of nitrogens with zero attached hydrogens (tertiary/aromatic N) is 3. The molecule has 42 heavy (non-hydrogen) atoms. The zero-order valence-electron chi connectivity index (χ0n) is 28.3. The third-order valence-corrected chi connectivity index (χ3v) is 8.28. The summed E-state index contributed by atoms with van der Waals surface area (Å²) in [4.78, 5) is 3.00. The Bertz CT molecular complexity index is 699. The van der Waals surface area contributed by atoms with Crippen molar-refractivity contribution in [3.63, 3.8) is 0 Å². The summed E-state index contributed by atoms with van der Waals surface area (Å²) in [5, 5.41) is 13.9. The Labute approximate surface area is 258 Å². The number of unbranched alkanes of at least 4 members (excludes halogenated alkanes) is 12. The van der Waals surface area contributed by atoms with Gasteiger partial charge in [0.15, 0.2) is 11.6 Å². The molecule has 2 fully saturated rings. The number of aliphatic hydroxyl groups is 1. The smallest absolute Gasteiger partial charge is 0.163 e. The Hall–Kier alpha value is -0.890. The maximum absolute atomic E-state index is 9.98. The number of rotatable bonds is 23. The number of ether oxygens (including phenoxy) is 4. The predicted molar refractivity (Wildman–Crippen MR) is 172 cm³/mol. The fourth-order valence-electron chi connectivity index (χ4n) is 5.72. The van der Waals surface area contributed by atoms with Crippen molar-refractivity contribution in [2.24, 2.45) is 5.11 Å². The molecule has 0 amide bonds. The van der Waals surface area contributed by atoms with Gasteiger partial charge in [-0.05, 0) is 71.8 Å². The molecule has 1 N–H and O–H groups in total. The summed E-state index contributed by atoms with van der Waals surface area (Å²) < 4.78 is 22.6. The van der Waals surface area contributed by atoms with Crippen LogP contribution >= 0.6 is 0 Å². The molecule has 0 bridgehead atoms. The zero-order chi connectivity index (χ0) is 31.1. The standard InChI is InChI=1S/C17H33N3O2.C17H34O3/c1-4-5-6-7-8-9-10-11-15(19-20-18)12-13-16-14-21-17(2,3)22-16;1-4-5-6-7-8-9-10-11-15(18)12-13-16-14-19-17(2,3)20-16/h15-16H,4-14H2,1-3H3;15-16,18H,4-14H2,1-3H3. The van der Waals surface area contributed by atoms with Gasteiger partial charge in [-0.2, -0.15) is 0 Å². The van der Waals surface area contributed by atoms with Crippen molar-refractivity contribution in [2.45, 2.75) is 206 Å². The molecular weight excluding hydrogens is 530 g/mol. The van der Waals surface area contributed by atoms with Gasteiger partial charge in [0.25, 0.3) is 0 Å². The third-order valence-electron chi connectivity index (χ3n) is 8.28. The summed E-state index contributed by atoms with van der Waals surface area (Å²) in [6.07, 6.45) is 23.8. The van der Waals surface area contributed by atoms with Crippen LogP contribution in [0.3, 0.4) is 0 Å². The van der Waals surface area contributed by atoms with Crippen LogP contribution in [0.4, 0.5) is 0 Å². The molecule has 4 atom stereocenters. The summed E-state index contributed by atoms with van der Waals surface area (Å²) >= 11 is 0. The summed E-state index contributed by atoms with van der Waals surface area (Å²) in [7, 11) is 0. The fourth-order valence-corrected chi connectivity index (χ4v) is 5.72. The molecule has 8 nitrogen and oxygen atoms in total. The molecule has 2 rings (SSSR count). The van der Waals surface area contributed by atoms with Crippen LogP contribution < -0.4 is 0 Å². The van der Waals surface area contributed by atoms with Gasteiger partial charge in [-0.3, -0.25) is 0 Å². The SMILES string of the molecule is CCCCCCCCCC(CCC1COC(C)(C)O1)N=[N+]=[N-].CCCCCCCCCC(O)CCC1COC(C)(C)O1. The fraction of sp³-hybridized carbons (Fsp3) is 1.00. The number of azide groups is 1. The minimum Gasteiger partial charge on any atom is -0.393 e. The molecule has 0 aromatic carbocycles. The van der Waals surface area contributed by atoms with Crippen molar-refractivity contribution in [3.8, 4) is 0 Å². The molecule has 8 heteroatoms. The second kappa shape index (κ2) is 23.5. The van der Waals surface area contributed by atoms with Crippen LogP contribution in [0.1, 0.15) is 170 Å². The highest BCUT2D eigenvalue weighted by Gasteiger charge is 2.33. The first-order valence-corrected chi connectivity index (χ1v) is 17.5. The van der Waals surface area contributed by atoms with Gasteiger partial charge in [0.1, 0.15) is 0 Å². The topological polar surface area (TPSA) is 106 Å². The molecule has 0 aromatic rings. The first kappa shape index (κ1) is 39.1. The Kier molecular flexibility index (Phi) is 21.9. The predicted octanol–water partition coefficient (Wildman–Crippen LogP) is 10.2. The molecule has 0 aromatic heterocycles. The molecule has 248 valence electrons. The van der Waals surface area contributed by atoms with Crippen LogP contribution in [0, 0.1) is 0 Å². The van der Waals surface area contributed by atoms with Gasteiger partial charge >= 0.3 is 0 Å². The van der Waals surface area contributed by atoms with Gasteiger partial charge in [-0.15, -0.1) is 0 Å². The average Bonchev–Trinajstić information content (AvgIpc) is 3.49. The van der Waals surface area contributed by atoms with Gasteiger partial charge in [-0.25, -0.2) is 0 Å². The Balaban J connectivity index is 0.000000422. The molecule has 0 radical (unpaired) electrons. The summed E-state index contributed by atoms with van der Waals surface area (Å²) in [5.74, 6) is -0.898. The highest BCUT2D eigenvalue weighted by Crippen LogP contribution is 2.27. The number of aliphatic hydroxyl groups excluding tert-OH is 1. The average molecular weight is 598 g/mol. The lowest BCUT2D eigenvalue weighted by Crippen LogP contribution is -2.22. The van der Waals surface area contributed by atoms with Crippen LogP contribution in [0.2, 0.25) is 0 Å². The molecule has 0 saturated carbocycles. The Morgan fingerprint density at radius 3 is 1.52 bits per heavy atom. The molecule has 2 aliphatic rings. The van der Waals surface area contributed by atoms with Crippen molar-refractivity contribution in [1.29, 1.82) is 0 Å². The van der Waals surface area contributed by atoms with Crippen molar-refractivity contribution in [1.82, 2.24) is 0 Å². The van der Waals surface area contributed by atoms with E-state index >= 15 is 0 Å². The van der Waals surface area contributed by atoms with E-state index in [0.717, 1.165) is 51.4 Å². The van der Waals surface area contributed by atoms with E-state index in [9.17, 15) is 5.11 Å². The Morgan fingerprint density at radius 1 is 0.667 bits per heavy atom. The van der Waals surface area contributed by atoms with E-state index in [2.05, 4.69) is 23.9 Å². The van der Waals surface area contributed by atoms with E-state index in [-0.39, 0.29) is 24.4 Å². The molecule has 2 saturated heterocycles. The van der Waals surface area contributed by atoms with Crippen LogP contribution in [0.5, 0.6) is 0 Å². The molecule has 2 heterocycles. The quantitative estimate of drug-likeness (QED) is 0.0546. The van der Waals surface area contributed by atoms with Gasteiger partial charge in [0, 0.05) is 11.0 Å². The van der Waals surface area contributed by atoms with Crippen molar-refractivity contribution in [3.05, 3.63) is 10.4 Å². The maximum atomic E-state index is 9.98. The van der Waals surface area contributed by atoms with E-state index in [4.69, 9.17) is 24.5 Å². The van der Waals surface area contributed by atoms with Crippen LogP contribution in [0.15, 0.2) is 5.11 Å². The van der Waals surface area contributed by atoms with E-state index in [1.54, 1.807) is 0 Å². The lowest BCUT2D eigenvalue weighted by atomic mass is 10.0. The molecule has 4 unspecified atom stereocenters. The normalized spacial score (nSPS) is 22.3. The highest BCUT2D eigenvalue weighted by atomic mass is 16.7. The van der Waals surface area contributed by atoms with Crippen molar-refractivity contribution >= 4 is 0 Å². The number of hydrogen-bond donors (Lipinski definition) is 1. The van der Waals surface area contributed by atoms with Crippen LogP contribution in [-0.2, 0) is 18.9 Å². The molecule has 0 spiro atoms. The van der Waals surface area contributed by atoms with Gasteiger partial charge in [0.2, 0.25) is 0 Å². The van der Waals surface area contributed by atoms with E-state index in [1.165, 1.54) is 77.0 Å². The Morgan fingerprint density at radius 2 is 1.10 bits per heavy atom. The first-order chi connectivity index (χ1) is 20.1. The zero-order valence-corrected chi connectivity index (χ0v) is 28.3. The largest absolute Gasteiger partial charge is 0.393 e. The molecule has 2 aliphatic heterocycles. The third kappa shape index (κ3) is 20.9. The van der Waals surface area contributed by atoms with Gasteiger partial charge in [0.05, 0.1) is 31.5 Å². The highest BCUT2D eigenvalue weighted by molar-refractivity contribution is 4.75. The van der Waals surface area contributed by atoms with E-state index in [1.807, 2.05) is 27.7 Å². The minimum atomic E-state index is -0.461. The van der Waals surface area contributed by atoms with Crippen LogP contribution in [0.25, 0.3) is 10.4 Å². The van der Waals surface area contributed by atoms with Crippen LogP contribution in [-0.4, -0.2) is 54.2 Å². The summed E-state index contributed by atoms with van der Waals surface area (Å²) in [6, 6.07) is 0.105. The molecular formula is C34H67N3O5. The summed E-state index contributed by atoms with van der Waals surface area (Å²) in [6.45, 7) is 13.6. The van der Waals surface area contributed by atoms with Crippen molar-refractivity contribution in [2.75, 3.05) is 13.2 Å². The number of hydrogen-bond acceptors (Lipinski definition) is 6. The van der Waals surface area contributed by atoms with Gasteiger partial charge < -0.3 is 24.1 Å². The molecule has 0 aliphatic carbocycles. The lowest BCUT2D eigenvalue weighted by Gasteiger charge is -2.18. The second-order valence-electron chi connectivity index (χ2n) is 13.4. The van der Waals surface area contributed by atoms with Gasteiger partial charge in [-0.1, -0.05) is 109 Å². The lowest BCUT2D eigenvalue weighted by molar-refractivity contribution is -0.139. The maximum Gasteiger partial charge on any atom is 0.163 e.